The van der Waals surface area contributed by atoms with E-state index in [1.54, 1.807) is 0 Å². The quantitative estimate of drug-likeness (QED) is 0.686. The molecule has 0 aliphatic carbocycles. The maximum atomic E-state index is 5.93. The molecule has 2 aromatic rings. The summed E-state index contributed by atoms with van der Waals surface area (Å²) >= 11 is 11.9. The molecule has 98 valence electrons. The first-order valence-corrected chi connectivity index (χ1v) is 6.91. The Morgan fingerprint density at radius 1 is 0.789 bits per heavy atom. The Bertz CT molecular complexity index is 521. The lowest BCUT2D eigenvalue weighted by Gasteiger charge is -2.10. The Hall–Kier alpha value is -1.31. The smallest absolute Gasteiger partial charge is 0.0722 e. The molecule has 0 atom stereocenters. The zero-order chi connectivity index (χ0) is 13.8. The van der Waals surface area contributed by atoms with E-state index in [2.05, 4.69) is 13.8 Å². The van der Waals surface area contributed by atoms with Gasteiger partial charge in [-0.3, -0.25) is 4.99 Å². The van der Waals surface area contributed by atoms with Gasteiger partial charge in [0.1, 0.15) is 0 Å². The summed E-state index contributed by atoms with van der Waals surface area (Å²) in [6.45, 7) is 4.12. The monoisotopic (exact) mass is 291 g/mol. The molecule has 0 unspecified atom stereocenters. The van der Waals surface area contributed by atoms with Crippen molar-refractivity contribution in [1.82, 2.24) is 0 Å². The van der Waals surface area contributed by atoms with Gasteiger partial charge in [0.05, 0.1) is 5.71 Å². The number of rotatable bonds is 3. The predicted octanol–water partition coefficient (Wildman–Crippen LogP) is 5.24. The molecular formula is C16H15Cl2N. The van der Waals surface area contributed by atoms with Gasteiger partial charge >= 0.3 is 0 Å². The second-order valence-electron chi connectivity index (χ2n) is 4.59. The summed E-state index contributed by atoms with van der Waals surface area (Å²) in [5.41, 5.74) is 3.07. The summed E-state index contributed by atoms with van der Waals surface area (Å²) in [4.78, 5) is 4.71. The molecule has 0 saturated heterocycles. The molecule has 0 spiro atoms. The molecule has 0 bridgehead atoms. The van der Waals surface area contributed by atoms with E-state index in [9.17, 15) is 0 Å². The van der Waals surface area contributed by atoms with Gasteiger partial charge in [-0.15, -0.1) is 0 Å². The summed E-state index contributed by atoms with van der Waals surface area (Å²) < 4.78 is 0. The Balaban J connectivity index is 2.47. The van der Waals surface area contributed by atoms with Gasteiger partial charge in [0, 0.05) is 27.2 Å². The predicted molar refractivity (Wildman–Crippen MR) is 83.7 cm³/mol. The normalized spacial score (nSPS) is 10.6. The summed E-state index contributed by atoms with van der Waals surface area (Å²) in [6.07, 6.45) is 0. The van der Waals surface area contributed by atoms with Crippen LogP contribution >= 0.6 is 23.2 Å². The molecule has 2 rings (SSSR count). The zero-order valence-electron chi connectivity index (χ0n) is 10.9. The van der Waals surface area contributed by atoms with E-state index in [0.717, 1.165) is 26.9 Å². The molecule has 0 aliphatic heterocycles. The lowest BCUT2D eigenvalue weighted by atomic mass is 10.0. The lowest BCUT2D eigenvalue weighted by Crippen LogP contribution is -2.06. The van der Waals surface area contributed by atoms with E-state index >= 15 is 0 Å². The van der Waals surface area contributed by atoms with E-state index in [4.69, 9.17) is 28.2 Å². The molecule has 0 radical (unpaired) electrons. The third-order valence-electron chi connectivity index (χ3n) is 2.62. The average molecular weight is 292 g/mol. The lowest BCUT2D eigenvalue weighted by molar-refractivity contribution is 0.837. The molecular weight excluding hydrogens is 277 g/mol. The van der Waals surface area contributed by atoms with E-state index in [1.165, 1.54) is 0 Å². The van der Waals surface area contributed by atoms with Gasteiger partial charge in [-0.25, -0.2) is 0 Å². The van der Waals surface area contributed by atoms with Crippen molar-refractivity contribution in [3.8, 4) is 0 Å². The molecule has 0 aromatic heterocycles. The topological polar surface area (TPSA) is 12.4 Å². The van der Waals surface area contributed by atoms with Gasteiger partial charge in [-0.1, -0.05) is 47.5 Å². The minimum atomic E-state index is 0.223. The van der Waals surface area contributed by atoms with Crippen LogP contribution in [0.25, 0.3) is 0 Å². The minimum absolute atomic E-state index is 0.223. The third kappa shape index (κ3) is 3.82. The molecule has 0 fully saturated rings. The van der Waals surface area contributed by atoms with Crippen LogP contribution in [0.15, 0.2) is 53.5 Å². The minimum Gasteiger partial charge on any atom is -0.281 e. The van der Waals surface area contributed by atoms with Crippen molar-refractivity contribution in [2.45, 2.75) is 19.9 Å². The summed E-state index contributed by atoms with van der Waals surface area (Å²) in [5, 5.41) is 1.45. The van der Waals surface area contributed by atoms with Crippen molar-refractivity contribution in [2.75, 3.05) is 0 Å². The van der Waals surface area contributed by atoms with Crippen LogP contribution in [0.3, 0.4) is 0 Å². The van der Waals surface area contributed by atoms with Crippen LogP contribution in [0.5, 0.6) is 0 Å². The number of nitrogens with zero attached hydrogens (tertiary/aromatic N) is 1. The summed E-state index contributed by atoms with van der Waals surface area (Å²) in [5.74, 6) is 0. The Morgan fingerprint density at radius 2 is 1.16 bits per heavy atom. The first-order valence-electron chi connectivity index (χ1n) is 6.16. The molecule has 0 amide bonds. The van der Waals surface area contributed by atoms with Crippen molar-refractivity contribution in [2.24, 2.45) is 4.99 Å². The fourth-order valence-corrected chi connectivity index (χ4v) is 2.04. The zero-order valence-corrected chi connectivity index (χ0v) is 12.4. The SMILES string of the molecule is CC(C)N=C(c1ccc(Cl)cc1)c1ccc(Cl)cc1. The highest BCUT2D eigenvalue weighted by Gasteiger charge is 2.08. The number of hydrogen-bond donors (Lipinski definition) is 0. The van der Waals surface area contributed by atoms with Crippen LogP contribution < -0.4 is 0 Å². The number of hydrogen-bond acceptors (Lipinski definition) is 1. The molecule has 0 N–H and O–H groups in total. The van der Waals surface area contributed by atoms with Gasteiger partial charge in [0.25, 0.3) is 0 Å². The van der Waals surface area contributed by atoms with Crippen LogP contribution in [0.4, 0.5) is 0 Å². The van der Waals surface area contributed by atoms with E-state index in [0.29, 0.717) is 0 Å². The highest BCUT2D eigenvalue weighted by atomic mass is 35.5. The second-order valence-corrected chi connectivity index (χ2v) is 5.46. The van der Waals surface area contributed by atoms with Crippen molar-refractivity contribution >= 4 is 28.9 Å². The van der Waals surface area contributed by atoms with Crippen LogP contribution in [0.2, 0.25) is 10.0 Å². The van der Waals surface area contributed by atoms with Crippen LogP contribution in [0.1, 0.15) is 25.0 Å². The van der Waals surface area contributed by atoms with Gasteiger partial charge in [-0.2, -0.15) is 0 Å². The standard InChI is InChI=1S/C16H15Cl2N/c1-11(2)19-16(12-3-7-14(17)8-4-12)13-5-9-15(18)10-6-13/h3-11H,1-2H3. The summed E-state index contributed by atoms with van der Waals surface area (Å²) in [6, 6.07) is 15.7. The van der Waals surface area contributed by atoms with Crippen molar-refractivity contribution in [3.63, 3.8) is 0 Å². The molecule has 2 aromatic carbocycles. The maximum absolute atomic E-state index is 5.93. The Morgan fingerprint density at radius 3 is 1.47 bits per heavy atom. The molecule has 0 heterocycles. The number of benzene rings is 2. The largest absolute Gasteiger partial charge is 0.281 e. The molecule has 1 nitrogen and oxygen atoms in total. The Labute approximate surface area is 123 Å². The van der Waals surface area contributed by atoms with Crippen LogP contribution in [0, 0.1) is 0 Å². The van der Waals surface area contributed by atoms with Gasteiger partial charge < -0.3 is 0 Å². The average Bonchev–Trinajstić information content (AvgIpc) is 2.38. The second kappa shape index (κ2) is 6.23. The van der Waals surface area contributed by atoms with Crippen molar-refractivity contribution in [1.29, 1.82) is 0 Å². The first kappa shape index (κ1) is 14.1. The highest BCUT2D eigenvalue weighted by molar-refractivity contribution is 6.31. The van der Waals surface area contributed by atoms with Gasteiger partial charge in [-0.05, 0) is 38.1 Å². The van der Waals surface area contributed by atoms with E-state index < -0.39 is 0 Å². The summed E-state index contributed by atoms with van der Waals surface area (Å²) in [7, 11) is 0. The maximum Gasteiger partial charge on any atom is 0.0722 e. The first-order chi connectivity index (χ1) is 9.06. The van der Waals surface area contributed by atoms with E-state index in [-0.39, 0.29) is 6.04 Å². The fraction of sp³-hybridized carbons (Fsp3) is 0.188. The van der Waals surface area contributed by atoms with Crippen molar-refractivity contribution < 1.29 is 0 Å². The molecule has 19 heavy (non-hydrogen) atoms. The molecule has 0 aliphatic rings. The van der Waals surface area contributed by atoms with Crippen molar-refractivity contribution in [3.05, 3.63) is 69.7 Å². The van der Waals surface area contributed by atoms with Crippen LogP contribution in [-0.4, -0.2) is 11.8 Å². The van der Waals surface area contributed by atoms with Gasteiger partial charge in [0.2, 0.25) is 0 Å². The molecule has 3 heteroatoms. The molecule has 0 saturated carbocycles. The van der Waals surface area contributed by atoms with E-state index in [1.807, 2.05) is 48.5 Å². The highest BCUT2D eigenvalue weighted by Crippen LogP contribution is 2.17. The van der Waals surface area contributed by atoms with Crippen LogP contribution in [-0.2, 0) is 0 Å². The fourth-order valence-electron chi connectivity index (χ4n) is 1.79. The number of aliphatic imine (C=N–C) groups is 1. The third-order valence-corrected chi connectivity index (χ3v) is 3.13. The number of halogens is 2. The Kier molecular flexibility index (Phi) is 4.62. The van der Waals surface area contributed by atoms with Gasteiger partial charge in [0.15, 0.2) is 0 Å².